The molecule has 5 nitrogen and oxygen atoms in total. The van der Waals surface area contributed by atoms with Gasteiger partial charge in [-0.25, -0.2) is 15.0 Å². The number of hydrogen-bond donors (Lipinski definition) is 0. The van der Waals surface area contributed by atoms with Gasteiger partial charge < -0.3 is 8.98 Å². The van der Waals surface area contributed by atoms with Crippen molar-refractivity contribution in [1.29, 1.82) is 0 Å². The molecule has 0 aliphatic heterocycles. The van der Waals surface area contributed by atoms with Crippen LogP contribution in [0.15, 0.2) is 186 Å². The molecule has 4 heterocycles. The van der Waals surface area contributed by atoms with E-state index in [0.717, 1.165) is 49.9 Å². The van der Waals surface area contributed by atoms with Crippen molar-refractivity contribution >= 4 is 75.3 Å². The van der Waals surface area contributed by atoms with E-state index in [2.05, 4.69) is 126 Å². The number of nitrogens with zero attached hydrogens (tertiary/aromatic N) is 4. The quantitative estimate of drug-likeness (QED) is 0.176. The molecule has 0 saturated carbocycles. The Balaban J connectivity index is 1.03. The largest absolute Gasteiger partial charge is 0.456 e. The minimum absolute atomic E-state index is 0.596. The number of hydrogen-bond acceptors (Lipinski definition) is 5. The van der Waals surface area contributed by atoms with Crippen LogP contribution in [0.5, 0.6) is 0 Å². The van der Waals surface area contributed by atoms with E-state index in [1.165, 1.54) is 47.5 Å². The first-order chi connectivity index (χ1) is 28.2. The van der Waals surface area contributed by atoms with Crippen molar-refractivity contribution in [1.82, 2.24) is 19.5 Å². The molecule has 57 heavy (non-hydrogen) atoms. The molecule has 0 atom stereocenters. The Morgan fingerprint density at radius 1 is 0.386 bits per heavy atom. The maximum atomic E-state index is 6.67. The topological polar surface area (TPSA) is 56.7 Å². The molecule has 0 amide bonds. The maximum absolute atomic E-state index is 6.67. The lowest BCUT2D eigenvalue weighted by Gasteiger charge is -2.10. The number of fused-ring (bicyclic) bond motifs is 9. The number of aromatic nitrogens is 4. The van der Waals surface area contributed by atoms with Crippen molar-refractivity contribution < 1.29 is 4.42 Å². The van der Waals surface area contributed by atoms with Crippen molar-refractivity contribution in [2.45, 2.75) is 0 Å². The number of thiophene rings is 1. The van der Waals surface area contributed by atoms with Gasteiger partial charge in [0.15, 0.2) is 17.5 Å². The van der Waals surface area contributed by atoms with Gasteiger partial charge in [-0.3, -0.25) is 0 Å². The molecule has 0 spiro atoms. The zero-order valence-electron chi connectivity index (χ0n) is 30.4. The van der Waals surface area contributed by atoms with Crippen LogP contribution in [0.4, 0.5) is 0 Å². The van der Waals surface area contributed by atoms with Crippen molar-refractivity contribution in [2.24, 2.45) is 0 Å². The lowest BCUT2D eigenvalue weighted by Crippen LogP contribution is -2.00. The molecule has 0 fully saturated rings. The minimum atomic E-state index is 0.596. The fourth-order valence-corrected chi connectivity index (χ4v) is 9.62. The highest BCUT2D eigenvalue weighted by Gasteiger charge is 2.20. The van der Waals surface area contributed by atoms with Crippen LogP contribution in [0, 0.1) is 0 Å². The standard InChI is InChI=1S/C51H30N4OS/c1-3-13-31(14-4-1)49-52-50(32-15-5-2-6-16-32)54-51(53-49)33-25-27-39-44(29-33)56-43-23-11-19-37(47(39)43)38-20-12-24-46-48(38)40-30-34(26-28-45(40)57-46)55-41-21-9-7-17-35(41)36-18-8-10-22-42(36)55/h1-30H. The van der Waals surface area contributed by atoms with Crippen molar-refractivity contribution in [3.05, 3.63) is 182 Å². The molecule has 6 heteroatoms. The fourth-order valence-electron chi connectivity index (χ4n) is 8.51. The summed E-state index contributed by atoms with van der Waals surface area (Å²) in [6.45, 7) is 0. The summed E-state index contributed by atoms with van der Waals surface area (Å²) in [4.78, 5) is 14.8. The third-order valence-electron chi connectivity index (χ3n) is 11.1. The van der Waals surface area contributed by atoms with E-state index in [1.807, 2.05) is 72.0 Å². The van der Waals surface area contributed by atoms with Crippen LogP contribution in [-0.4, -0.2) is 19.5 Å². The predicted molar refractivity (Wildman–Crippen MR) is 236 cm³/mol. The van der Waals surface area contributed by atoms with Gasteiger partial charge in [-0.2, -0.15) is 0 Å². The van der Waals surface area contributed by atoms with E-state index < -0.39 is 0 Å². The van der Waals surface area contributed by atoms with Gasteiger partial charge in [-0.15, -0.1) is 11.3 Å². The molecule has 266 valence electrons. The monoisotopic (exact) mass is 746 g/mol. The lowest BCUT2D eigenvalue weighted by molar-refractivity contribution is 0.669. The summed E-state index contributed by atoms with van der Waals surface area (Å²) in [5, 5.41) is 7.16. The van der Waals surface area contributed by atoms with E-state index in [0.29, 0.717) is 17.5 Å². The third kappa shape index (κ3) is 5.04. The maximum Gasteiger partial charge on any atom is 0.164 e. The van der Waals surface area contributed by atoms with Gasteiger partial charge in [0.1, 0.15) is 11.2 Å². The molecule has 0 saturated heterocycles. The summed E-state index contributed by atoms with van der Waals surface area (Å²) in [5.41, 5.74) is 10.3. The van der Waals surface area contributed by atoms with E-state index in [-0.39, 0.29) is 0 Å². The van der Waals surface area contributed by atoms with Gasteiger partial charge in [0, 0.05) is 64.1 Å². The third-order valence-corrected chi connectivity index (χ3v) is 12.2. The Hall–Kier alpha value is -7.41. The molecule has 0 bridgehead atoms. The summed E-state index contributed by atoms with van der Waals surface area (Å²) in [7, 11) is 0. The Bertz CT molecular complexity index is 3420. The Morgan fingerprint density at radius 3 is 1.67 bits per heavy atom. The molecule has 12 aromatic rings. The van der Waals surface area contributed by atoms with Crippen molar-refractivity contribution in [2.75, 3.05) is 0 Å². The van der Waals surface area contributed by atoms with Crippen molar-refractivity contribution in [3.63, 3.8) is 0 Å². The molecule has 12 rings (SSSR count). The molecule has 0 N–H and O–H groups in total. The highest BCUT2D eigenvalue weighted by Crippen LogP contribution is 2.45. The van der Waals surface area contributed by atoms with Gasteiger partial charge in [0.25, 0.3) is 0 Å². The van der Waals surface area contributed by atoms with Gasteiger partial charge >= 0.3 is 0 Å². The Kier molecular flexibility index (Phi) is 7.03. The Morgan fingerprint density at radius 2 is 0.982 bits per heavy atom. The van der Waals surface area contributed by atoms with Crippen LogP contribution in [0.25, 0.3) is 115 Å². The fraction of sp³-hybridized carbons (Fsp3) is 0. The molecule has 4 aromatic heterocycles. The van der Waals surface area contributed by atoms with Crippen LogP contribution < -0.4 is 0 Å². The summed E-state index contributed by atoms with van der Waals surface area (Å²) < 4.78 is 11.6. The highest BCUT2D eigenvalue weighted by atomic mass is 32.1. The first-order valence-electron chi connectivity index (χ1n) is 19.0. The van der Waals surface area contributed by atoms with Crippen LogP contribution in [0.3, 0.4) is 0 Å². The minimum Gasteiger partial charge on any atom is -0.456 e. The van der Waals surface area contributed by atoms with Crippen LogP contribution in [0.1, 0.15) is 0 Å². The van der Waals surface area contributed by atoms with E-state index in [4.69, 9.17) is 19.4 Å². The second-order valence-corrected chi connectivity index (χ2v) is 15.4. The van der Waals surface area contributed by atoms with Crippen LogP contribution >= 0.6 is 11.3 Å². The zero-order valence-corrected chi connectivity index (χ0v) is 31.2. The van der Waals surface area contributed by atoms with Crippen molar-refractivity contribution in [3.8, 4) is 51.0 Å². The first-order valence-corrected chi connectivity index (χ1v) is 19.8. The smallest absolute Gasteiger partial charge is 0.164 e. The van der Waals surface area contributed by atoms with Gasteiger partial charge in [-0.1, -0.05) is 127 Å². The number of para-hydroxylation sites is 2. The first kappa shape index (κ1) is 31.9. The molecular formula is C51H30N4OS. The molecule has 8 aromatic carbocycles. The second-order valence-electron chi connectivity index (χ2n) is 14.4. The Labute approximate surface area is 330 Å². The normalized spacial score (nSPS) is 11.9. The van der Waals surface area contributed by atoms with Gasteiger partial charge in [-0.05, 0) is 65.7 Å². The summed E-state index contributed by atoms with van der Waals surface area (Å²) >= 11 is 1.84. The number of benzene rings is 8. The zero-order chi connectivity index (χ0) is 37.5. The molecular weight excluding hydrogens is 717 g/mol. The highest BCUT2D eigenvalue weighted by molar-refractivity contribution is 7.26. The van der Waals surface area contributed by atoms with E-state index in [9.17, 15) is 0 Å². The van der Waals surface area contributed by atoms with Gasteiger partial charge in [0.2, 0.25) is 0 Å². The van der Waals surface area contributed by atoms with Crippen LogP contribution in [0.2, 0.25) is 0 Å². The lowest BCUT2D eigenvalue weighted by atomic mass is 9.95. The second kappa shape index (κ2) is 12.6. The van der Waals surface area contributed by atoms with Crippen LogP contribution in [-0.2, 0) is 0 Å². The molecule has 0 aliphatic carbocycles. The summed E-state index contributed by atoms with van der Waals surface area (Å²) in [5.74, 6) is 1.85. The number of rotatable bonds is 5. The predicted octanol–water partition coefficient (Wildman–Crippen LogP) is 13.9. The molecule has 0 unspecified atom stereocenters. The van der Waals surface area contributed by atoms with Gasteiger partial charge in [0.05, 0.1) is 11.0 Å². The summed E-state index contributed by atoms with van der Waals surface area (Å²) in [6.07, 6.45) is 0. The van der Waals surface area contributed by atoms with E-state index in [1.54, 1.807) is 0 Å². The molecule has 0 radical (unpaired) electrons. The summed E-state index contributed by atoms with van der Waals surface area (Å²) in [6, 6.07) is 63.8. The number of furan rings is 1. The molecule has 0 aliphatic rings. The SMILES string of the molecule is c1ccc(-c2nc(-c3ccccc3)nc(-c3ccc4c(c3)oc3cccc(-c5cccc6sc7ccc(-n8c9ccccc9c9ccccc98)cc7c56)c34)n2)cc1. The average molecular weight is 747 g/mol. The average Bonchev–Trinajstić information content (AvgIpc) is 3.96. The van der Waals surface area contributed by atoms with E-state index >= 15 is 0 Å².